The second-order valence-corrected chi connectivity index (χ2v) is 7.23. The molecule has 0 aliphatic carbocycles. The van der Waals surface area contributed by atoms with Crippen molar-refractivity contribution >= 4 is 33.4 Å². The van der Waals surface area contributed by atoms with Crippen molar-refractivity contribution in [2.75, 3.05) is 0 Å². The Morgan fingerprint density at radius 2 is 1.69 bits per heavy atom. The summed E-state index contributed by atoms with van der Waals surface area (Å²) < 4.78 is 2.46. The van der Waals surface area contributed by atoms with Gasteiger partial charge in [0, 0.05) is 39.6 Å². The maximum Gasteiger partial charge on any atom is 0.0945 e. The fourth-order valence-electron chi connectivity index (χ4n) is 3.75. The van der Waals surface area contributed by atoms with Crippen LogP contribution in [0.4, 0.5) is 0 Å². The van der Waals surface area contributed by atoms with Crippen molar-refractivity contribution < 1.29 is 0 Å². The molecule has 2 aromatic heterocycles. The lowest BCUT2D eigenvalue weighted by Crippen LogP contribution is -2.00. The van der Waals surface area contributed by atoms with Gasteiger partial charge in [-0.3, -0.25) is 4.98 Å². The standard InChI is InChI=1S/C23H23ClN2/c1-2-3-4-7-16-26-21-9-6-5-8-19(21)20-14-15-25-22(23(20)26)17-10-12-18(24)13-11-17/h5-6,8-15H,2-4,7,16H2,1H3. The smallest absolute Gasteiger partial charge is 0.0945 e. The number of fused-ring (bicyclic) bond motifs is 3. The Morgan fingerprint density at radius 3 is 2.50 bits per heavy atom. The molecule has 0 bridgehead atoms. The number of para-hydroxylation sites is 1. The summed E-state index contributed by atoms with van der Waals surface area (Å²) in [7, 11) is 0. The summed E-state index contributed by atoms with van der Waals surface area (Å²) in [6.45, 7) is 3.28. The number of halogens is 1. The quantitative estimate of drug-likeness (QED) is 0.335. The van der Waals surface area contributed by atoms with Crippen LogP contribution < -0.4 is 0 Å². The molecule has 3 heteroatoms. The van der Waals surface area contributed by atoms with Crippen LogP contribution >= 0.6 is 11.6 Å². The van der Waals surface area contributed by atoms with Gasteiger partial charge in [0.2, 0.25) is 0 Å². The van der Waals surface area contributed by atoms with Crippen LogP contribution in [0.25, 0.3) is 33.1 Å². The molecule has 2 aromatic carbocycles. The Balaban J connectivity index is 1.91. The summed E-state index contributed by atoms with van der Waals surface area (Å²) >= 11 is 6.09. The van der Waals surface area contributed by atoms with Crippen LogP contribution in [-0.4, -0.2) is 9.55 Å². The van der Waals surface area contributed by atoms with E-state index in [1.54, 1.807) is 0 Å². The number of aromatic nitrogens is 2. The molecule has 0 fully saturated rings. The minimum absolute atomic E-state index is 0.751. The number of benzene rings is 2. The van der Waals surface area contributed by atoms with Gasteiger partial charge in [0.15, 0.2) is 0 Å². The highest BCUT2D eigenvalue weighted by Crippen LogP contribution is 2.35. The summed E-state index contributed by atoms with van der Waals surface area (Å²) in [6.07, 6.45) is 6.92. The number of aryl methyl sites for hydroxylation is 1. The minimum Gasteiger partial charge on any atom is -0.339 e. The van der Waals surface area contributed by atoms with E-state index in [4.69, 9.17) is 16.6 Å². The first kappa shape index (κ1) is 17.1. The number of unbranched alkanes of at least 4 members (excludes halogenated alkanes) is 3. The van der Waals surface area contributed by atoms with E-state index >= 15 is 0 Å². The Bertz CT molecular complexity index is 1030. The van der Waals surface area contributed by atoms with Gasteiger partial charge in [0.1, 0.15) is 0 Å². The van der Waals surface area contributed by atoms with Gasteiger partial charge in [-0.05, 0) is 30.7 Å². The summed E-state index contributed by atoms with van der Waals surface area (Å²) in [5.74, 6) is 0. The summed E-state index contributed by atoms with van der Waals surface area (Å²) in [4.78, 5) is 4.74. The predicted molar refractivity (Wildman–Crippen MR) is 112 cm³/mol. The van der Waals surface area contributed by atoms with E-state index in [2.05, 4.69) is 54.0 Å². The molecule has 2 nitrogen and oxygen atoms in total. The third kappa shape index (κ3) is 3.10. The molecular weight excluding hydrogens is 340 g/mol. The Kier molecular flexibility index (Phi) is 4.94. The van der Waals surface area contributed by atoms with E-state index in [1.165, 1.54) is 47.5 Å². The van der Waals surface area contributed by atoms with Crippen LogP contribution in [0.1, 0.15) is 32.6 Å². The number of hydrogen-bond donors (Lipinski definition) is 0. The van der Waals surface area contributed by atoms with Gasteiger partial charge in [0.05, 0.1) is 11.2 Å². The maximum atomic E-state index is 6.09. The molecule has 0 amide bonds. The minimum atomic E-state index is 0.751. The highest BCUT2D eigenvalue weighted by atomic mass is 35.5. The first-order valence-electron chi connectivity index (χ1n) is 9.41. The normalized spacial score (nSPS) is 11.5. The second-order valence-electron chi connectivity index (χ2n) is 6.79. The SMILES string of the molecule is CCCCCCn1c2ccccc2c2ccnc(-c3ccc(Cl)cc3)c21. The van der Waals surface area contributed by atoms with Crippen molar-refractivity contribution in [2.24, 2.45) is 0 Å². The van der Waals surface area contributed by atoms with Crippen molar-refractivity contribution in [1.82, 2.24) is 9.55 Å². The molecule has 0 aliphatic rings. The van der Waals surface area contributed by atoms with E-state index < -0.39 is 0 Å². The summed E-state index contributed by atoms with van der Waals surface area (Å²) in [5.41, 5.74) is 4.67. The third-order valence-corrected chi connectivity index (χ3v) is 5.28. The van der Waals surface area contributed by atoms with Crippen LogP contribution in [0, 0.1) is 0 Å². The summed E-state index contributed by atoms with van der Waals surface area (Å²) in [6, 6.07) is 18.8. The van der Waals surface area contributed by atoms with Gasteiger partial charge in [-0.25, -0.2) is 0 Å². The molecule has 0 spiro atoms. The molecule has 2 heterocycles. The average Bonchev–Trinajstić information content (AvgIpc) is 3.00. The number of nitrogens with zero attached hydrogens (tertiary/aromatic N) is 2. The van der Waals surface area contributed by atoms with Gasteiger partial charge in [0.25, 0.3) is 0 Å². The zero-order valence-corrected chi connectivity index (χ0v) is 15.8. The Labute approximate surface area is 159 Å². The first-order chi connectivity index (χ1) is 12.8. The summed E-state index contributed by atoms with van der Waals surface area (Å²) in [5, 5.41) is 3.33. The van der Waals surface area contributed by atoms with Crippen LogP contribution in [-0.2, 0) is 6.54 Å². The number of pyridine rings is 1. The molecule has 0 saturated heterocycles. The molecule has 0 N–H and O–H groups in total. The Morgan fingerprint density at radius 1 is 0.885 bits per heavy atom. The van der Waals surface area contributed by atoms with Crippen LogP contribution in [0.2, 0.25) is 5.02 Å². The van der Waals surface area contributed by atoms with E-state index in [0.717, 1.165) is 22.8 Å². The molecule has 0 unspecified atom stereocenters. The fourth-order valence-corrected chi connectivity index (χ4v) is 3.88. The Hall–Kier alpha value is -2.32. The molecule has 0 atom stereocenters. The molecule has 26 heavy (non-hydrogen) atoms. The molecule has 132 valence electrons. The van der Waals surface area contributed by atoms with Gasteiger partial charge in [-0.1, -0.05) is 68.1 Å². The highest BCUT2D eigenvalue weighted by Gasteiger charge is 2.15. The average molecular weight is 363 g/mol. The van der Waals surface area contributed by atoms with Crippen molar-refractivity contribution in [1.29, 1.82) is 0 Å². The largest absolute Gasteiger partial charge is 0.339 e. The zero-order valence-electron chi connectivity index (χ0n) is 15.1. The number of rotatable bonds is 6. The van der Waals surface area contributed by atoms with Crippen molar-refractivity contribution in [3.05, 3.63) is 65.8 Å². The molecule has 4 rings (SSSR count). The van der Waals surface area contributed by atoms with Gasteiger partial charge in [-0.15, -0.1) is 0 Å². The van der Waals surface area contributed by atoms with Crippen molar-refractivity contribution in [2.45, 2.75) is 39.2 Å². The monoisotopic (exact) mass is 362 g/mol. The molecular formula is C23H23ClN2. The zero-order chi connectivity index (χ0) is 17.9. The van der Waals surface area contributed by atoms with Crippen molar-refractivity contribution in [3.63, 3.8) is 0 Å². The van der Waals surface area contributed by atoms with Crippen LogP contribution in [0.15, 0.2) is 60.8 Å². The van der Waals surface area contributed by atoms with Crippen molar-refractivity contribution in [3.8, 4) is 11.3 Å². The van der Waals surface area contributed by atoms with Crippen LogP contribution in [0.3, 0.4) is 0 Å². The van der Waals surface area contributed by atoms with E-state index in [0.29, 0.717) is 0 Å². The van der Waals surface area contributed by atoms with Gasteiger partial charge in [-0.2, -0.15) is 0 Å². The second kappa shape index (κ2) is 7.51. The maximum absolute atomic E-state index is 6.09. The highest BCUT2D eigenvalue weighted by molar-refractivity contribution is 6.30. The first-order valence-corrected chi connectivity index (χ1v) is 9.79. The van der Waals surface area contributed by atoms with Gasteiger partial charge >= 0.3 is 0 Å². The number of hydrogen-bond acceptors (Lipinski definition) is 1. The fraction of sp³-hybridized carbons (Fsp3) is 0.261. The topological polar surface area (TPSA) is 17.8 Å². The molecule has 4 aromatic rings. The predicted octanol–water partition coefficient (Wildman–Crippen LogP) is 7.09. The molecule has 0 saturated carbocycles. The molecule has 0 radical (unpaired) electrons. The van der Waals surface area contributed by atoms with E-state index in [1.807, 2.05) is 18.3 Å². The van der Waals surface area contributed by atoms with Crippen LogP contribution in [0.5, 0.6) is 0 Å². The van der Waals surface area contributed by atoms with E-state index in [9.17, 15) is 0 Å². The third-order valence-electron chi connectivity index (χ3n) is 5.03. The lowest BCUT2D eigenvalue weighted by Gasteiger charge is -2.10. The van der Waals surface area contributed by atoms with E-state index in [-0.39, 0.29) is 0 Å². The molecule has 0 aliphatic heterocycles. The lowest BCUT2D eigenvalue weighted by molar-refractivity contribution is 0.602. The lowest BCUT2D eigenvalue weighted by atomic mass is 10.1. The van der Waals surface area contributed by atoms with Gasteiger partial charge < -0.3 is 4.57 Å².